The van der Waals surface area contributed by atoms with E-state index in [0.717, 1.165) is 5.56 Å². The van der Waals surface area contributed by atoms with Gasteiger partial charge in [-0.15, -0.1) is 4.67 Å². The average Bonchev–Trinajstić information content (AvgIpc) is 2.20. The van der Waals surface area contributed by atoms with Crippen LogP contribution in [0.3, 0.4) is 0 Å². The molecule has 0 aromatic heterocycles. The molecular formula is C9H11O4P. The lowest BCUT2D eigenvalue weighted by atomic mass is 10.2. The zero-order valence-electron chi connectivity index (χ0n) is 7.67. The maximum absolute atomic E-state index is 10.8. The summed E-state index contributed by atoms with van der Waals surface area (Å²) in [4.78, 5) is 4.18. The summed E-state index contributed by atoms with van der Waals surface area (Å²) < 4.78 is 19.8. The molecule has 0 fully saturated rings. The van der Waals surface area contributed by atoms with E-state index in [-0.39, 0.29) is 0 Å². The first-order valence-corrected chi connectivity index (χ1v) is 5.18. The van der Waals surface area contributed by atoms with E-state index in [1.807, 2.05) is 30.3 Å². The molecule has 0 aliphatic carbocycles. The summed E-state index contributed by atoms with van der Waals surface area (Å²) in [5.74, 6) is 0. The van der Waals surface area contributed by atoms with Gasteiger partial charge in [0.05, 0.1) is 13.4 Å². The second-order valence-electron chi connectivity index (χ2n) is 2.33. The number of hydrogen-bond acceptors (Lipinski definition) is 4. The van der Waals surface area contributed by atoms with E-state index in [1.54, 1.807) is 6.08 Å². The molecule has 4 nitrogen and oxygen atoms in total. The van der Waals surface area contributed by atoms with Crippen molar-refractivity contribution in [3.63, 3.8) is 0 Å². The van der Waals surface area contributed by atoms with Crippen molar-refractivity contribution in [2.45, 2.75) is 0 Å². The average molecular weight is 214 g/mol. The van der Waals surface area contributed by atoms with Crippen molar-refractivity contribution in [3.05, 3.63) is 42.2 Å². The molecule has 0 amide bonds. The molecule has 0 saturated carbocycles. The van der Waals surface area contributed by atoms with Gasteiger partial charge in [-0.25, -0.2) is 9.45 Å². The van der Waals surface area contributed by atoms with Gasteiger partial charge in [0.2, 0.25) is 0 Å². The SMILES string of the molecule is COO[PH](=O)OC=Cc1ccccc1. The van der Waals surface area contributed by atoms with Gasteiger partial charge in [-0.2, -0.15) is 0 Å². The number of rotatable bonds is 5. The minimum atomic E-state index is -2.57. The fraction of sp³-hybridized carbons (Fsp3) is 0.111. The summed E-state index contributed by atoms with van der Waals surface area (Å²) in [6.07, 6.45) is 3.00. The largest absolute Gasteiger partial charge is 0.433 e. The Labute approximate surface area is 83.0 Å². The quantitative estimate of drug-likeness (QED) is 0.327. The van der Waals surface area contributed by atoms with E-state index < -0.39 is 8.25 Å². The molecule has 0 N–H and O–H groups in total. The first kappa shape index (κ1) is 11.0. The van der Waals surface area contributed by atoms with Gasteiger partial charge in [0.1, 0.15) is 0 Å². The molecule has 1 aromatic carbocycles. The first-order valence-electron chi connectivity index (χ1n) is 3.96. The van der Waals surface area contributed by atoms with E-state index in [4.69, 9.17) is 4.52 Å². The van der Waals surface area contributed by atoms with Crippen LogP contribution >= 0.6 is 8.25 Å². The highest BCUT2D eigenvalue weighted by Crippen LogP contribution is 2.23. The van der Waals surface area contributed by atoms with Crippen LogP contribution in [0.2, 0.25) is 0 Å². The molecular weight excluding hydrogens is 203 g/mol. The Morgan fingerprint density at radius 1 is 1.29 bits per heavy atom. The Bertz CT molecular complexity index is 310. The molecule has 1 aromatic rings. The van der Waals surface area contributed by atoms with Crippen LogP contribution in [0.1, 0.15) is 5.56 Å². The van der Waals surface area contributed by atoms with Crippen LogP contribution in [0.4, 0.5) is 0 Å². The highest BCUT2D eigenvalue weighted by atomic mass is 31.1. The number of benzene rings is 1. The lowest BCUT2D eigenvalue weighted by Gasteiger charge is -1.98. The maximum atomic E-state index is 10.8. The lowest BCUT2D eigenvalue weighted by Crippen LogP contribution is -1.77. The van der Waals surface area contributed by atoms with Crippen molar-refractivity contribution < 1.29 is 18.7 Å². The lowest BCUT2D eigenvalue weighted by molar-refractivity contribution is -0.179. The predicted molar refractivity (Wildman–Crippen MR) is 53.7 cm³/mol. The minimum Gasteiger partial charge on any atom is -0.433 e. The Hall–Kier alpha value is -1.09. The monoisotopic (exact) mass is 214 g/mol. The van der Waals surface area contributed by atoms with Crippen LogP contribution in [0.25, 0.3) is 6.08 Å². The van der Waals surface area contributed by atoms with Crippen LogP contribution < -0.4 is 0 Å². The standard InChI is InChI=1S/C9H11O4P/c1-11-13-14(10)12-8-7-9-5-3-2-4-6-9/h2-8,14H,1H3. The van der Waals surface area contributed by atoms with Gasteiger partial charge < -0.3 is 4.52 Å². The van der Waals surface area contributed by atoms with Crippen molar-refractivity contribution in [2.24, 2.45) is 0 Å². The molecule has 0 radical (unpaired) electrons. The summed E-state index contributed by atoms with van der Waals surface area (Å²) in [5.41, 5.74) is 0.958. The van der Waals surface area contributed by atoms with E-state index in [1.165, 1.54) is 13.4 Å². The Morgan fingerprint density at radius 2 is 2.00 bits per heavy atom. The van der Waals surface area contributed by atoms with Gasteiger partial charge in [-0.05, 0) is 11.6 Å². The van der Waals surface area contributed by atoms with Crippen molar-refractivity contribution in [1.82, 2.24) is 0 Å². The summed E-state index contributed by atoms with van der Waals surface area (Å²) in [6.45, 7) is 0. The molecule has 0 bridgehead atoms. The summed E-state index contributed by atoms with van der Waals surface area (Å²) in [7, 11) is -1.30. The third-order valence-corrected chi connectivity index (χ3v) is 2.01. The van der Waals surface area contributed by atoms with Crippen LogP contribution in [0.5, 0.6) is 0 Å². The van der Waals surface area contributed by atoms with E-state index in [2.05, 4.69) is 9.56 Å². The molecule has 76 valence electrons. The summed E-state index contributed by atoms with van der Waals surface area (Å²) >= 11 is 0. The van der Waals surface area contributed by atoms with Crippen molar-refractivity contribution in [3.8, 4) is 0 Å². The molecule has 0 aliphatic rings. The molecule has 0 spiro atoms. The van der Waals surface area contributed by atoms with E-state index in [0.29, 0.717) is 0 Å². The van der Waals surface area contributed by atoms with E-state index in [9.17, 15) is 4.57 Å². The molecule has 1 unspecified atom stereocenters. The second kappa shape index (κ2) is 6.38. The molecule has 1 atom stereocenters. The Morgan fingerprint density at radius 3 is 2.64 bits per heavy atom. The van der Waals surface area contributed by atoms with Gasteiger partial charge in [-0.1, -0.05) is 30.3 Å². The number of hydrogen-bond donors (Lipinski definition) is 0. The first-order chi connectivity index (χ1) is 6.83. The van der Waals surface area contributed by atoms with Gasteiger partial charge in [-0.3, -0.25) is 0 Å². The topological polar surface area (TPSA) is 44.8 Å². The van der Waals surface area contributed by atoms with Crippen LogP contribution in [0.15, 0.2) is 36.6 Å². The molecule has 0 aliphatic heterocycles. The van der Waals surface area contributed by atoms with Crippen LogP contribution in [0, 0.1) is 0 Å². The molecule has 5 heteroatoms. The Balaban J connectivity index is 2.38. The zero-order valence-corrected chi connectivity index (χ0v) is 8.67. The van der Waals surface area contributed by atoms with Crippen molar-refractivity contribution >= 4 is 14.3 Å². The molecule has 0 heterocycles. The zero-order chi connectivity index (χ0) is 10.2. The van der Waals surface area contributed by atoms with Gasteiger partial charge >= 0.3 is 8.25 Å². The van der Waals surface area contributed by atoms with Gasteiger partial charge in [0.15, 0.2) is 0 Å². The van der Waals surface area contributed by atoms with Crippen LogP contribution in [-0.2, 0) is 18.7 Å². The van der Waals surface area contributed by atoms with Crippen molar-refractivity contribution in [1.29, 1.82) is 0 Å². The summed E-state index contributed by atoms with van der Waals surface area (Å²) in [6, 6.07) is 9.50. The highest BCUT2D eigenvalue weighted by Gasteiger charge is 1.94. The Kier molecular flexibility index (Phi) is 5.00. The van der Waals surface area contributed by atoms with Crippen LogP contribution in [-0.4, -0.2) is 7.11 Å². The fourth-order valence-corrected chi connectivity index (χ4v) is 1.17. The third kappa shape index (κ3) is 4.23. The fourth-order valence-electron chi connectivity index (χ4n) is 0.820. The third-order valence-electron chi connectivity index (χ3n) is 1.38. The summed E-state index contributed by atoms with van der Waals surface area (Å²) in [5, 5.41) is 0. The maximum Gasteiger partial charge on any atom is 0.394 e. The van der Waals surface area contributed by atoms with Gasteiger partial charge in [0, 0.05) is 0 Å². The highest BCUT2D eigenvalue weighted by molar-refractivity contribution is 7.33. The smallest absolute Gasteiger partial charge is 0.394 e. The molecule has 0 saturated heterocycles. The van der Waals surface area contributed by atoms with E-state index >= 15 is 0 Å². The predicted octanol–water partition coefficient (Wildman–Crippen LogP) is 2.64. The molecule has 14 heavy (non-hydrogen) atoms. The van der Waals surface area contributed by atoms with Gasteiger partial charge in [0.25, 0.3) is 0 Å². The second-order valence-corrected chi connectivity index (χ2v) is 3.23. The molecule has 1 rings (SSSR count). The normalized spacial score (nSPS) is 12.9. The minimum absolute atomic E-state index is 0.958. The van der Waals surface area contributed by atoms with Crippen molar-refractivity contribution in [2.75, 3.05) is 7.11 Å².